The van der Waals surface area contributed by atoms with Crippen LogP contribution in [0.4, 0.5) is 13.2 Å². The van der Waals surface area contributed by atoms with Gasteiger partial charge in [-0.25, -0.2) is 19.1 Å². The van der Waals surface area contributed by atoms with E-state index in [9.17, 15) is 27.9 Å². The van der Waals surface area contributed by atoms with E-state index in [0.717, 1.165) is 10.2 Å². The van der Waals surface area contributed by atoms with E-state index in [0.29, 0.717) is 20.8 Å². The van der Waals surface area contributed by atoms with Gasteiger partial charge in [-0.1, -0.05) is 29.8 Å². The van der Waals surface area contributed by atoms with Crippen LogP contribution >= 0.6 is 11.6 Å². The van der Waals surface area contributed by atoms with E-state index in [-0.39, 0.29) is 24.0 Å². The summed E-state index contributed by atoms with van der Waals surface area (Å²) in [7, 11) is 0. The number of alkyl halides is 3. The summed E-state index contributed by atoms with van der Waals surface area (Å²) < 4.78 is 41.9. The van der Waals surface area contributed by atoms with Gasteiger partial charge in [0.2, 0.25) is 5.82 Å². The molecule has 1 unspecified atom stereocenters. The SMILES string of the molecule is Cc1ccccc1-n1nc(Cn2nc(-c3ccc(Cl)cc3)n(CC(O)C(F)(F)F)c2=O)nc1C(N)=O. The van der Waals surface area contributed by atoms with E-state index in [1.165, 1.54) is 28.9 Å². The molecule has 2 aromatic heterocycles. The second-order valence-corrected chi connectivity index (χ2v) is 8.29. The smallest absolute Gasteiger partial charge is 0.382 e. The molecule has 4 aromatic rings. The van der Waals surface area contributed by atoms with Crippen LogP contribution in [0.5, 0.6) is 0 Å². The predicted octanol–water partition coefficient (Wildman–Crippen LogP) is 2.32. The first kappa shape index (κ1) is 25.1. The van der Waals surface area contributed by atoms with Gasteiger partial charge in [0.25, 0.3) is 5.91 Å². The van der Waals surface area contributed by atoms with E-state index < -0.39 is 30.4 Å². The van der Waals surface area contributed by atoms with Crippen molar-refractivity contribution in [3.63, 3.8) is 0 Å². The highest BCUT2D eigenvalue weighted by Crippen LogP contribution is 2.24. The third kappa shape index (κ3) is 5.02. The Hall–Kier alpha value is -3.97. The zero-order chi connectivity index (χ0) is 26.2. The lowest BCUT2D eigenvalue weighted by Crippen LogP contribution is -2.37. The van der Waals surface area contributed by atoms with Crippen molar-refractivity contribution in [3.8, 4) is 17.1 Å². The highest BCUT2D eigenvalue weighted by atomic mass is 35.5. The lowest BCUT2D eigenvalue weighted by atomic mass is 10.2. The molecule has 4 rings (SSSR count). The summed E-state index contributed by atoms with van der Waals surface area (Å²) in [5.41, 5.74) is 6.09. The van der Waals surface area contributed by atoms with E-state index in [1.54, 1.807) is 31.2 Å². The van der Waals surface area contributed by atoms with Crippen molar-refractivity contribution >= 4 is 17.5 Å². The monoisotopic (exact) mass is 521 g/mol. The summed E-state index contributed by atoms with van der Waals surface area (Å²) in [6, 6.07) is 12.9. The highest BCUT2D eigenvalue weighted by Gasteiger charge is 2.39. The minimum atomic E-state index is -4.96. The first-order valence-corrected chi connectivity index (χ1v) is 10.8. The zero-order valence-electron chi connectivity index (χ0n) is 18.6. The maximum absolute atomic E-state index is 13.1. The number of carbonyl (C=O) groups is 1. The molecule has 188 valence electrons. The molecule has 1 amide bonds. The summed E-state index contributed by atoms with van der Waals surface area (Å²) in [5.74, 6) is -1.23. The number of amides is 1. The number of nitrogens with two attached hydrogens (primary N) is 1. The average Bonchev–Trinajstić information content (AvgIpc) is 3.36. The van der Waals surface area contributed by atoms with Gasteiger partial charge in [0, 0.05) is 10.6 Å². The van der Waals surface area contributed by atoms with Gasteiger partial charge in [-0.15, -0.1) is 10.2 Å². The fourth-order valence-electron chi connectivity index (χ4n) is 3.48. The first-order valence-electron chi connectivity index (χ1n) is 10.5. The summed E-state index contributed by atoms with van der Waals surface area (Å²) in [4.78, 5) is 29.2. The Morgan fingerprint density at radius 2 is 1.81 bits per heavy atom. The Labute approximate surface area is 206 Å². The van der Waals surface area contributed by atoms with Gasteiger partial charge in [-0.3, -0.25) is 9.36 Å². The van der Waals surface area contributed by atoms with Crippen LogP contribution in [0.2, 0.25) is 5.02 Å². The van der Waals surface area contributed by atoms with Gasteiger partial charge < -0.3 is 10.8 Å². The molecule has 2 aromatic carbocycles. The van der Waals surface area contributed by atoms with Crippen LogP contribution in [0.25, 0.3) is 17.1 Å². The highest BCUT2D eigenvalue weighted by molar-refractivity contribution is 6.30. The molecule has 1 atom stereocenters. The van der Waals surface area contributed by atoms with Crippen molar-refractivity contribution < 1.29 is 23.1 Å². The molecule has 14 heteroatoms. The van der Waals surface area contributed by atoms with Crippen molar-refractivity contribution in [2.24, 2.45) is 5.73 Å². The van der Waals surface area contributed by atoms with Crippen LogP contribution in [-0.4, -0.2) is 52.4 Å². The Morgan fingerprint density at radius 3 is 2.42 bits per heavy atom. The molecule has 3 N–H and O–H groups in total. The van der Waals surface area contributed by atoms with Crippen LogP contribution in [0.1, 0.15) is 22.0 Å². The number of aromatic nitrogens is 6. The molecule has 0 aliphatic carbocycles. The Kier molecular flexibility index (Phi) is 6.69. The van der Waals surface area contributed by atoms with Gasteiger partial charge in [-0.2, -0.15) is 13.2 Å². The summed E-state index contributed by atoms with van der Waals surface area (Å²) >= 11 is 5.89. The van der Waals surface area contributed by atoms with Crippen LogP contribution in [-0.2, 0) is 13.1 Å². The third-order valence-corrected chi connectivity index (χ3v) is 5.52. The molecular weight excluding hydrogens is 503 g/mol. The lowest BCUT2D eigenvalue weighted by molar-refractivity contribution is -0.207. The topological polar surface area (TPSA) is 134 Å². The minimum Gasteiger partial charge on any atom is -0.382 e. The quantitative estimate of drug-likeness (QED) is 0.383. The van der Waals surface area contributed by atoms with Gasteiger partial charge in [0.15, 0.2) is 17.8 Å². The molecule has 10 nitrogen and oxygen atoms in total. The normalized spacial score (nSPS) is 12.6. The molecule has 0 radical (unpaired) electrons. The van der Waals surface area contributed by atoms with Gasteiger partial charge in [0.1, 0.15) is 6.54 Å². The number of nitrogens with zero attached hydrogens (tertiary/aromatic N) is 6. The molecule has 0 spiro atoms. The number of halogens is 4. The van der Waals surface area contributed by atoms with Gasteiger partial charge in [-0.05, 0) is 42.8 Å². The summed E-state index contributed by atoms with van der Waals surface area (Å²) in [5, 5.41) is 18.4. The van der Waals surface area contributed by atoms with Crippen LogP contribution in [0, 0.1) is 6.92 Å². The van der Waals surface area contributed by atoms with Crippen molar-refractivity contribution in [1.82, 2.24) is 29.1 Å². The predicted molar refractivity (Wildman–Crippen MR) is 123 cm³/mol. The minimum absolute atomic E-state index is 0.0298. The number of hydrogen-bond acceptors (Lipinski definition) is 6. The van der Waals surface area contributed by atoms with Crippen molar-refractivity contribution in [1.29, 1.82) is 0 Å². The second kappa shape index (κ2) is 9.59. The number of hydrogen-bond donors (Lipinski definition) is 2. The van der Waals surface area contributed by atoms with Crippen LogP contribution < -0.4 is 11.4 Å². The number of benzene rings is 2. The Morgan fingerprint density at radius 1 is 1.14 bits per heavy atom. The largest absolute Gasteiger partial charge is 0.416 e. The number of para-hydroxylation sites is 1. The fraction of sp³-hybridized carbons (Fsp3) is 0.227. The molecule has 0 saturated heterocycles. The second-order valence-electron chi connectivity index (χ2n) is 7.85. The van der Waals surface area contributed by atoms with E-state index >= 15 is 0 Å². The molecule has 2 heterocycles. The number of primary amides is 1. The third-order valence-electron chi connectivity index (χ3n) is 5.26. The Balaban J connectivity index is 1.78. The van der Waals surface area contributed by atoms with Crippen LogP contribution in [0.15, 0.2) is 53.3 Å². The molecule has 0 bridgehead atoms. The fourth-order valence-corrected chi connectivity index (χ4v) is 3.61. The van der Waals surface area contributed by atoms with E-state index in [4.69, 9.17) is 17.3 Å². The number of aliphatic hydroxyl groups is 1. The van der Waals surface area contributed by atoms with Crippen molar-refractivity contribution in [2.45, 2.75) is 32.3 Å². The summed E-state index contributed by atoms with van der Waals surface area (Å²) in [6.07, 6.45) is -7.76. The van der Waals surface area contributed by atoms with E-state index in [1.807, 2.05) is 0 Å². The maximum atomic E-state index is 13.1. The van der Waals surface area contributed by atoms with Gasteiger partial charge >= 0.3 is 11.9 Å². The van der Waals surface area contributed by atoms with Crippen LogP contribution in [0.3, 0.4) is 0 Å². The lowest BCUT2D eigenvalue weighted by Gasteiger charge is -2.15. The van der Waals surface area contributed by atoms with Gasteiger partial charge in [0.05, 0.1) is 12.2 Å². The standard InChI is InChI=1S/C22H19ClF3N7O3/c1-12-4-2-3-5-15(12)33-20(18(27)35)28-17(29-33)11-32-21(36)31(10-16(34)22(24,25)26)19(30-32)13-6-8-14(23)9-7-13/h2-9,16,34H,10-11H2,1H3,(H2,27,35). The summed E-state index contributed by atoms with van der Waals surface area (Å²) in [6.45, 7) is 0.323. The molecule has 36 heavy (non-hydrogen) atoms. The maximum Gasteiger partial charge on any atom is 0.416 e. The number of aliphatic hydroxyl groups excluding tert-OH is 1. The number of rotatable bonds is 7. The van der Waals surface area contributed by atoms with Crippen molar-refractivity contribution in [2.75, 3.05) is 0 Å². The average molecular weight is 522 g/mol. The molecule has 0 aliphatic rings. The molecule has 0 aliphatic heterocycles. The molecular formula is C22H19ClF3N7O3. The zero-order valence-corrected chi connectivity index (χ0v) is 19.4. The number of carbonyl (C=O) groups excluding carboxylic acids is 1. The van der Waals surface area contributed by atoms with E-state index in [2.05, 4.69) is 15.2 Å². The number of aryl methyl sites for hydroxylation is 1. The molecule has 0 saturated carbocycles. The van der Waals surface area contributed by atoms with Crippen molar-refractivity contribution in [3.05, 3.63) is 81.3 Å². The Bertz CT molecular complexity index is 1480. The molecule has 0 fully saturated rings. The first-order chi connectivity index (χ1) is 17.0.